The number of hydrogen-bond donors (Lipinski definition) is 0. The molecule has 5 heavy (non-hydrogen) atoms. The van der Waals surface area contributed by atoms with E-state index in [1.54, 1.807) is 0 Å². The maximum Gasteiger partial charge on any atom is 0.465 e. The first-order valence-electron chi connectivity index (χ1n) is 0.654. The lowest BCUT2D eigenvalue weighted by Gasteiger charge is -1.57. The summed E-state index contributed by atoms with van der Waals surface area (Å²) in [5.41, 5.74) is 0. The molecule has 0 aromatic rings. The lowest BCUT2D eigenvalue weighted by molar-refractivity contribution is 0.374. The van der Waals surface area contributed by atoms with Crippen LogP contribution in [0.4, 0.5) is 3.89 Å². The van der Waals surface area contributed by atoms with Crippen LogP contribution in [0.2, 0.25) is 0 Å². The average molecular weight is 99.1 g/mol. The van der Waals surface area contributed by atoms with E-state index in [0.29, 0.717) is 0 Å². The van der Waals surface area contributed by atoms with Gasteiger partial charge in [-0.2, -0.15) is 8.42 Å². The summed E-state index contributed by atoms with van der Waals surface area (Å²) >= 11 is 0. The molecule has 0 spiro atoms. The normalized spacial score (nSPS) is 11.6. The summed E-state index contributed by atoms with van der Waals surface area (Å²) in [5, 5.41) is 0. The third kappa shape index (κ3) is 508. The molecule has 0 N–H and O–H groups in total. The van der Waals surface area contributed by atoms with Gasteiger partial charge in [-0.15, -0.1) is 0 Å². The molecule has 0 aliphatic rings. The largest absolute Gasteiger partial charge is 0.465 e. The fourth-order valence-electron chi connectivity index (χ4n) is 0. The predicted octanol–water partition coefficient (Wildman–Crippen LogP) is -0.369. The number of hydrogen-bond acceptors (Lipinski definition) is 2. The third-order valence-corrected chi connectivity index (χ3v) is 0. The molecule has 0 atom stereocenters. The molecule has 5 heteroatoms. The van der Waals surface area contributed by atoms with Crippen molar-refractivity contribution in [1.29, 1.82) is 0 Å². The summed E-state index contributed by atoms with van der Waals surface area (Å²) in [7, 11) is -5.42. The van der Waals surface area contributed by atoms with Crippen LogP contribution in [0.1, 0.15) is 0 Å². The van der Waals surface area contributed by atoms with Crippen LogP contribution < -0.4 is 0 Å². The fraction of sp³-hybridized carbons (Fsp3) is 0. The van der Waals surface area contributed by atoms with Crippen LogP contribution >= 0.6 is 0 Å². The Morgan fingerprint density at radius 1 is 1.40 bits per heavy atom. The molecular weight excluding hydrogens is 99.1 g/mol. The van der Waals surface area contributed by atoms with E-state index in [4.69, 9.17) is 13.0 Å². The summed E-state index contributed by atoms with van der Waals surface area (Å²) in [5.74, 6) is 0. The Morgan fingerprint density at radius 3 is 1.40 bits per heavy atom. The molecule has 0 aromatic heterocycles. The van der Waals surface area contributed by atoms with Gasteiger partial charge < -0.3 is 0 Å². The van der Waals surface area contributed by atoms with Crippen LogP contribution in [-0.2, 0) is 15.1 Å². The van der Waals surface area contributed by atoms with Crippen LogP contribution in [0.3, 0.4) is 0 Å². The summed E-state index contributed by atoms with van der Waals surface area (Å²) in [6.07, 6.45) is 0. The van der Waals surface area contributed by atoms with Crippen LogP contribution in [0.5, 0.6) is 0 Å². The van der Waals surface area contributed by atoms with Gasteiger partial charge in [0.15, 0.2) is 0 Å². The Morgan fingerprint density at radius 2 is 1.40 bits per heavy atom. The number of rotatable bonds is 0. The van der Waals surface area contributed by atoms with Gasteiger partial charge in [-0.1, -0.05) is 8.44 Å². The second-order valence-electron chi connectivity index (χ2n) is 0.393. The minimum Gasteiger partial charge on any atom is -0.162 e. The Labute approximate surface area is 28.5 Å². The Kier molecular flexibility index (Phi) is 0.879. The quantitative estimate of drug-likeness (QED) is 0.389. The molecular formula is FO3S. The fourth-order valence-corrected chi connectivity index (χ4v) is 0. The average Bonchev–Trinajstić information content (AvgIpc) is 0.722. The lowest BCUT2D eigenvalue weighted by Crippen LogP contribution is -1.76. The minimum absolute atomic E-state index is 5.42. The Hall–Kier alpha value is -0.160. The van der Waals surface area contributed by atoms with Gasteiger partial charge in [0.2, 0.25) is 0 Å². The molecule has 0 aliphatic carbocycles. The van der Waals surface area contributed by atoms with E-state index in [9.17, 15) is 3.89 Å². The van der Waals surface area contributed by atoms with Gasteiger partial charge >= 0.3 is 10.5 Å². The molecule has 1 radical (unpaired) electrons. The standard InChI is InChI=1S/FO3S/c1-5(2,3)4. The SMILES string of the molecule is [O]S(=O)(=O)F. The predicted molar refractivity (Wildman–Crippen MR) is 10.7 cm³/mol. The van der Waals surface area contributed by atoms with Crippen LogP contribution in [0.15, 0.2) is 0 Å². The maximum atomic E-state index is 10.1. The van der Waals surface area contributed by atoms with Crippen molar-refractivity contribution in [2.45, 2.75) is 0 Å². The minimum atomic E-state index is -5.42. The van der Waals surface area contributed by atoms with E-state index < -0.39 is 10.5 Å². The summed E-state index contributed by atoms with van der Waals surface area (Å²) < 4.78 is 35.3. The monoisotopic (exact) mass is 99.0 g/mol. The van der Waals surface area contributed by atoms with E-state index in [0.717, 1.165) is 0 Å². The highest BCUT2D eigenvalue weighted by Gasteiger charge is 1.94. The topological polar surface area (TPSA) is 54.0 Å². The lowest BCUT2D eigenvalue weighted by atomic mass is 15.9. The molecule has 0 unspecified atom stereocenters. The van der Waals surface area contributed by atoms with Crippen molar-refractivity contribution in [3.8, 4) is 0 Å². The molecule has 31 valence electrons. The molecule has 0 aliphatic heterocycles. The molecule has 0 heterocycles. The van der Waals surface area contributed by atoms with Crippen LogP contribution in [-0.4, -0.2) is 8.42 Å². The van der Waals surface area contributed by atoms with Crippen molar-refractivity contribution in [2.24, 2.45) is 0 Å². The second kappa shape index (κ2) is 0.908. The molecule has 0 amide bonds. The zero-order valence-electron chi connectivity index (χ0n) is 2.01. The van der Waals surface area contributed by atoms with E-state index in [1.165, 1.54) is 0 Å². The molecule has 0 bridgehead atoms. The van der Waals surface area contributed by atoms with Gasteiger partial charge in [0.1, 0.15) is 0 Å². The van der Waals surface area contributed by atoms with Gasteiger partial charge in [0.05, 0.1) is 0 Å². The molecule has 0 aromatic carbocycles. The van der Waals surface area contributed by atoms with Gasteiger partial charge in [-0.05, 0) is 0 Å². The highest BCUT2D eigenvalue weighted by atomic mass is 32.3. The van der Waals surface area contributed by atoms with Gasteiger partial charge in [-0.3, -0.25) is 0 Å². The summed E-state index contributed by atoms with van der Waals surface area (Å²) in [6, 6.07) is 0. The first-order valence-corrected chi connectivity index (χ1v) is 1.96. The van der Waals surface area contributed by atoms with Crippen molar-refractivity contribution >= 4 is 10.5 Å². The zero-order chi connectivity index (χ0) is 4.50. The molecule has 0 saturated heterocycles. The Bertz CT molecular complexity index is 90.1. The van der Waals surface area contributed by atoms with Gasteiger partial charge in [0, 0.05) is 0 Å². The van der Waals surface area contributed by atoms with Crippen LogP contribution in [0, 0.1) is 0 Å². The van der Waals surface area contributed by atoms with E-state index in [-0.39, 0.29) is 0 Å². The number of halogens is 1. The van der Waals surface area contributed by atoms with Crippen molar-refractivity contribution in [3.05, 3.63) is 0 Å². The highest BCUT2D eigenvalue weighted by molar-refractivity contribution is 7.80. The van der Waals surface area contributed by atoms with Crippen molar-refractivity contribution in [2.75, 3.05) is 0 Å². The highest BCUT2D eigenvalue weighted by Crippen LogP contribution is 1.76. The maximum absolute atomic E-state index is 10.1. The van der Waals surface area contributed by atoms with Gasteiger partial charge in [-0.25, -0.2) is 0 Å². The van der Waals surface area contributed by atoms with E-state index in [1.807, 2.05) is 0 Å². The van der Waals surface area contributed by atoms with Crippen molar-refractivity contribution in [1.82, 2.24) is 0 Å². The molecule has 0 rings (SSSR count). The summed E-state index contributed by atoms with van der Waals surface area (Å²) in [6.45, 7) is 0. The third-order valence-electron chi connectivity index (χ3n) is 0. The van der Waals surface area contributed by atoms with Gasteiger partial charge in [0.25, 0.3) is 0 Å². The van der Waals surface area contributed by atoms with Crippen LogP contribution in [0.25, 0.3) is 0 Å². The smallest absolute Gasteiger partial charge is 0.162 e. The molecule has 0 saturated carbocycles. The van der Waals surface area contributed by atoms with Crippen molar-refractivity contribution < 1.29 is 16.9 Å². The van der Waals surface area contributed by atoms with Crippen molar-refractivity contribution in [3.63, 3.8) is 0 Å². The Balaban J connectivity index is 4.06. The molecule has 3 nitrogen and oxygen atoms in total. The second-order valence-corrected chi connectivity index (χ2v) is 1.18. The summed E-state index contributed by atoms with van der Waals surface area (Å²) in [4.78, 5) is 0. The first kappa shape index (κ1) is 4.84. The first-order chi connectivity index (χ1) is 2.00. The van der Waals surface area contributed by atoms with E-state index in [2.05, 4.69) is 0 Å². The van der Waals surface area contributed by atoms with E-state index >= 15 is 0 Å². The molecule has 0 fully saturated rings. The zero-order valence-corrected chi connectivity index (χ0v) is 2.83.